The summed E-state index contributed by atoms with van der Waals surface area (Å²) in [5.74, 6) is -0.206. The second-order valence-electron chi connectivity index (χ2n) is 6.24. The zero-order chi connectivity index (χ0) is 15.2. The lowest BCUT2D eigenvalue weighted by molar-refractivity contribution is 0.0697. The number of carboxylic acid groups (broad SMARTS) is 1. The molecular weight excluding hydrogens is 288 g/mol. The Labute approximate surface area is 127 Å². The van der Waals surface area contributed by atoms with Gasteiger partial charge < -0.3 is 10.4 Å². The Balaban J connectivity index is 1.62. The first-order chi connectivity index (χ1) is 9.93. The van der Waals surface area contributed by atoms with Crippen molar-refractivity contribution in [2.45, 2.75) is 39.5 Å². The third-order valence-corrected chi connectivity index (χ3v) is 5.89. The highest BCUT2D eigenvalue weighted by Crippen LogP contribution is 2.60. The molecule has 0 aliphatic heterocycles. The van der Waals surface area contributed by atoms with Gasteiger partial charge in [-0.3, -0.25) is 5.32 Å². The Morgan fingerprint density at radius 2 is 2.00 bits per heavy atom. The van der Waals surface area contributed by atoms with Crippen LogP contribution in [0.5, 0.6) is 0 Å². The summed E-state index contributed by atoms with van der Waals surface area (Å²) >= 11 is 1.31. The number of urea groups is 1. The number of amides is 2. The molecule has 3 N–H and O–H groups in total. The molecule has 1 aromatic heterocycles. The Morgan fingerprint density at radius 3 is 2.52 bits per heavy atom. The Hall–Kier alpha value is -1.56. The molecule has 0 saturated heterocycles. The first-order valence-electron chi connectivity index (χ1n) is 7.31. The normalized spacial score (nSPS) is 19.1. The van der Waals surface area contributed by atoms with Crippen molar-refractivity contribution in [3.8, 4) is 0 Å². The van der Waals surface area contributed by atoms with E-state index in [1.165, 1.54) is 37.0 Å². The molecule has 0 aromatic carbocycles. The molecule has 0 spiro atoms. The maximum absolute atomic E-state index is 12.0. The maximum Gasteiger partial charge on any atom is 0.338 e. The van der Waals surface area contributed by atoms with Crippen LogP contribution in [0.1, 0.15) is 46.5 Å². The molecule has 2 fully saturated rings. The first kappa shape index (κ1) is 14.4. The standard InChI is InChI=1S/C15H20N2O3S/c1-8-9(2)21-12(11(8)13(18)19)17-14(20)16-7-15(5-6-15)10-3-4-10/h10H,3-7H2,1-2H3,(H,18,19)(H2,16,17,20). The highest BCUT2D eigenvalue weighted by molar-refractivity contribution is 7.16. The Morgan fingerprint density at radius 1 is 1.33 bits per heavy atom. The molecule has 114 valence electrons. The first-order valence-corrected chi connectivity index (χ1v) is 8.13. The van der Waals surface area contributed by atoms with Gasteiger partial charge in [-0.05, 0) is 56.4 Å². The molecule has 2 amide bonds. The van der Waals surface area contributed by atoms with Gasteiger partial charge in [0.2, 0.25) is 0 Å². The van der Waals surface area contributed by atoms with Crippen molar-refractivity contribution in [1.82, 2.24) is 5.32 Å². The average molecular weight is 308 g/mol. The molecule has 2 aliphatic carbocycles. The van der Waals surface area contributed by atoms with Gasteiger partial charge in [0.1, 0.15) is 5.00 Å². The molecule has 5 nitrogen and oxygen atoms in total. The number of carboxylic acids is 1. The average Bonchev–Trinajstić information content (AvgIpc) is 3.28. The van der Waals surface area contributed by atoms with Crippen molar-refractivity contribution < 1.29 is 14.7 Å². The molecule has 0 bridgehead atoms. The molecular formula is C15H20N2O3S. The van der Waals surface area contributed by atoms with E-state index in [0.717, 1.165) is 16.4 Å². The van der Waals surface area contributed by atoms with Crippen LogP contribution in [-0.2, 0) is 0 Å². The second kappa shape index (κ2) is 5.02. The molecule has 21 heavy (non-hydrogen) atoms. The third kappa shape index (κ3) is 2.77. The lowest BCUT2D eigenvalue weighted by Gasteiger charge is -2.15. The summed E-state index contributed by atoms with van der Waals surface area (Å²) in [6.07, 6.45) is 4.98. The van der Waals surface area contributed by atoms with Gasteiger partial charge in [-0.1, -0.05) is 0 Å². The van der Waals surface area contributed by atoms with Crippen molar-refractivity contribution in [3.63, 3.8) is 0 Å². The molecule has 2 saturated carbocycles. The van der Waals surface area contributed by atoms with E-state index >= 15 is 0 Å². The fourth-order valence-corrected chi connectivity index (χ4v) is 4.01. The van der Waals surface area contributed by atoms with Crippen LogP contribution < -0.4 is 10.6 Å². The number of carbonyl (C=O) groups is 2. The topological polar surface area (TPSA) is 78.4 Å². The van der Waals surface area contributed by atoms with E-state index in [-0.39, 0.29) is 11.6 Å². The monoisotopic (exact) mass is 308 g/mol. The van der Waals surface area contributed by atoms with Gasteiger partial charge in [-0.25, -0.2) is 9.59 Å². The van der Waals surface area contributed by atoms with Gasteiger partial charge in [0.25, 0.3) is 0 Å². The molecule has 3 rings (SSSR count). The van der Waals surface area contributed by atoms with Gasteiger partial charge in [-0.2, -0.15) is 0 Å². The Bertz CT molecular complexity index is 600. The van der Waals surface area contributed by atoms with E-state index < -0.39 is 5.97 Å². The van der Waals surface area contributed by atoms with Crippen LogP contribution in [0.4, 0.5) is 9.80 Å². The highest BCUT2D eigenvalue weighted by atomic mass is 32.1. The summed E-state index contributed by atoms with van der Waals surface area (Å²) in [4.78, 5) is 24.2. The van der Waals surface area contributed by atoms with Gasteiger partial charge in [-0.15, -0.1) is 11.3 Å². The minimum atomic E-state index is -0.996. The maximum atomic E-state index is 12.0. The van der Waals surface area contributed by atoms with Crippen LogP contribution in [-0.4, -0.2) is 23.7 Å². The molecule has 0 atom stereocenters. The quantitative estimate of drug-likeness (QED) is 0.780. The summed E-state index contributed by atoms with van der Waals surface area (Å²) in [6, 6.07) is -0.300. The minimum Gasteiger partial charge on any atom is -0.478 e. The van der Waals surface area contributed by atoms with Gasteiger partial charge in [0.15, 0.2) is 0 Å². The largest absolute Gasteiger partial charge is 0.478 e. The number of aromatic carboxylic acids is 1. The van der Waals surface area contributed by atoms with E-state index in [1.807, 2.05) is 6.92 Å². The van der Waals surface area contributed by atoms with E-state index in [9.17, 15) is 14.7 Å². The van der Waals surface area contributed by atoms with E-state index in [1.54, 1.807) is 6.92 Å². The number of aryl methyl sites for hydroxylation is 1. The summed E-state index contributed by atoms with van der Waals surface area (Å²) < 4.78 is 0. The lowest BCUT2D eigenvalue weighted by Crippen LogP contribution is -2.34. The minimum absolute atomic E-state index is 0.205. The third-order valence-electron chi connectivity index (χ3n) is 4.76. The van der Waals surface area contributed by atoms with Gasteiger partial charge >= 0.3 is 12.0 Å². The van der Waals surface area contributed by atoms with E-state index in [2.05, 4.69) is 10.6 Å². The molecule has 2 aliphatic rings. The smallest absolute Gasteiger partial charge is 0.338 e. The van der Waals surface area contributed by atoms with Gasteiger partial charge in [0, 0.05) is 11.4 Å². The number of rotatable bonds is 5. The Kier molecular flexibility index (Phi) is 3.43. The fourth-order valence-electron chi connectivity index (χ4n) is 2.96. The predicted octanol–water partition coefficient (Wildman–Crippen LogP) is 3.37. The molecule has 1 heterocycles. The van der Waals surface area contributed by atoms with Crippen molar-refractivity contribution in [1.29, 1.82) is 0 Å². The number of hydrogen-bond donors (Lipinski definition) is 3. The van der Waals surface area contributed by atoms with Gasteiger partial charge in [0.05, 0.1) is 5.56 Å². The van der Waals surface area contributed by atoms with Crippen molar-refractivity contribution in [3.05, 3.63) is 16.0 Å². The van der Waals surface area contributed by atoms with Crippen LogP contribution in [0.15, 0.2) is 0 Å². The fraction of sp³-hybridized carbons (Fsp3) is 0.600. The summed E-state index contributed by atoms with van der Waals surface area (Å²) in [6.45, 7) is 4.34. The predicted molar refractivity (Wildman–Crippen MR) is 82.2 cm³/mol. The number of carbonyl (C=O) groups excluding carboxylic acids is 1. The second-order valence-corrected chi connectivity index (χ2v) is 7.46. The summed E-state index contributed by atoms with van der Waals surface area (Å²) in [5.41, 5.74) is 1.27. The van der Waals surface area contributed by atoms with Crippen LogP contribution in [0.2, 0.25) is 0 Å². The van der Waals surface area contributed by atoms with E-state index in [0.29, 0.717) is 17.0 Å². The summed E-state index contributed by atoms with van der Waals surface area (Å²) in [7, 11) is 0. The lowest BCUT2D eigenvalue weighted by atomic mass is 10.0. The number of hydrogen-bond acceptors (Lipinski definition) is 3. The van der Waals surface area contributed by atoms with Crippen LogP contribution in [0.3, 0.4) is 0 Å². The van der Waals surface area contributed by atoms with Crippen molar-refractivity contribution >= 4 is 28.3 Å². The van der Waals surface area contributed by atoms with Crippen molar-refractivity contribution in [2.75, 3.05) is 11.9 Å². The highest BCUT2D eigenvalue weighted by Gasteiger charge is 2.53. The molecule has 1 aromatic rings. The van der Waals surface area contributed by atoms with E-state index in [4.69, 9.17) is 0 Å². The van der Waals surface area contributed by atoms with Crippen LogP contribution in [0.25, 0.3) is 0 Å². The number of thiophene rings is 1. The zero-order valence-corrected chi connectivity index (χ0v) is 13.1. The molecule has 0 unspecified atom stereocenters. The summed E-state index contributed by atoms with van der Waals surface area (Å²) in [5, 5.41) is 15.3. The number of anilines is 1. The zero-order valence-electron chi connectivity index (χ0n) is 12.3. The molecule has 0 radical (unpaired) electrons. The SMILES string of the molecule is Cc1sc(NC(=O)NCC2(C3CC3)CC2)c(C(=O)O)c1C. The number of nitrogens with one attached hydrogen (secondary N) is 2. The molecule has 6 heteroatoms. The van der Waals surface area contributed by atoms with Crippen molar-refractivity contribution in [2.24, 2.45) is 11.3 Å². The van der Waals surface area contributed by atoms with Crippen LogP contribution >= 0.6 is 11.3 Å². The van der Waals surface area contributed by atoms with Crippen LogP contribution in [0, 0.1) is 25.2 Å².